The van der Waals surface area contributed by atoms with Gasteiger partial charge in [-0.1, -0.05) is 6.07 Å². The summed E-state index contributed by atoms with van der Waals surface area (Å²) in [6, 6.07) is 5.24. The van der Waals surface area contributed by atoms with Crippen LogP contribution in [0.1, 0.15) is 5.56 Å². The minimum Gasteiger partial charge on any atom is -0.506 e. The second-order valence-corrected chi connectivity index (χ2v) is 3.42. The molecular formula is C11H15NO3. The average Bonchev–Trinajstić information content (AvgIpc) is 2.21. The quantitative estimate of drug-likeness (QED) is 0.762. The summed E-state index contributed by atoms with van der Waals surface area (Å²) in [5, 5.41) is 9.60. The average molecular weight is 209 g/mol. The molecule has 0 saturated heterocycles. The Hall–Kier alpha value is -1.71. The molecule has 0 aliphatic carbocycles. The maximum atomic E-state index is 11.0. The smallest absolute Gasteiger partial charge is 0.325 e. The van der Waals surface area contributed by atoms with E-state index < -0.39 is 0 Å². The molecular weight excluding hydrogens is 194 g/mol. The minimum absolute atomic E-state index is 0.119. The fourth-order valence-corrected chi connectivity index (χ4v) is 1.28. The van der Waals surface area contributed by atoms with Gasteiger partial charge in [0, 0.05) is 7.05 Å². The molecule has 0 saturated carbocycles. The normalized spacial score (nSPS) is 9.80. The van der Waals surface area contributed by atoms with Gasteiger partial charge in [0.2, 0.25) is 0 Å². The minimum atomic E-state index is -0.335. The van der Waals surface area contributed by atoms with Gasteiger partial charge in [-0.25, -0.2) is 0 Å². The van der Waals surface area contributed by atoms with Gasteiger partial charge in [0.1, 0.15) is 12.3 Å². The monoisotopic (exact) mass is 209 g/mol. The molecule has 4 nitrogen and oxygen atoms in total. The van der Waals surface area contributed by atoms with E-state index in [0.29, 0.717) is 5.69 Å². The first kappa shape index (κ1) is 11.4. The molecule has 0 aliphatic rings. The van der Waals surface area contributed by atoms with Crippen LogP contribution in [0.25, 0.3) is 0 Å². The third-order valence-electron chi connectivity index (χ3n) is 2.14. The lowest BCUT2D eigenvalue weighted by Crippen LogP contribution is -2.26. The number of likely N-dealkylation sites (N-methyl/N-ethyl adjacent to an activating group) is 1. The molecule has 0 amide bonds. The van der Waals surface area contributed by atoms with Gasteiger partial charge < -0.3 is 14.7 Å². The molecule has 0 atom stereocenters. The third-order valence-corrected chi connectivity index (χ3v) is 2.14. The lowest BCUT2D eigenvalue weighted by Gasteiger charge is -2.19. The van der Waals surface area contributed by atoms with Gasteiger partial charge in [-0.2, -0.15) is 0 Å². The molecule has 82 valence electrons. The largest absolute Gasteiger partial charge is 0.506 e. The van der Waals surface area contributed by atoms with Crippen molar-refractivity contribution in [3.8, 4) is 5.75 Å². The van der Waals surface area contributed by atoms with Crippen LogP contribution in [-0.4, -0.2) is 31.8 Å². The molecule has 0 unspecified atom stereocenters. The zero-order valence-electron chi connectivity index (χ0n) is 9.15. The number of aromatic hydroxyl groups is 1. The van der Waals surface area contributed by atoms with Crippen LogP contribution >= 0.6 is 0 Å². The van der Waals surface area contributed by atoms with E-state index in [9.17, 15) is 9.90 Å². The van der Waals surface area contributed by atoms with Gasteiger partial charge in [0.15, 0.2) is 0 Å². The molecule has 0 aliphatic heterocycles. The Morgan fingerprint density at radius 1 is 1.53 bits per heavy atom. The molecule has 15 heavy (non-hydrogen) atoms. The Morgan fingerprint density at radius 3 is 2.80 bits per heavy atom. The summed E-state index contributed by atoms with van der Waals surface area (Å²) in [6.07, 6.45) is 0. The number of phenolic OH excluding ortho intramolecular Hbond substituents is 1. The van der Waals surface area contributed by atoms with Crippen LogP contribution in [0.15, 0.2) is 18.2 Å². The molecule has 0 heterocycles. The topological polar surface area (TPSA) is 49.8 Å². The van der Waals surface area contributed by atoms with E-state index in [1.54, 1.807) is 18.0 Å². The Labute approximate surface area is 89.1 Å². The number of anilines is 1. The van der Waals surface area contributed by atoms with Crippen molar-refractivity contribution in [1.82, 2.24) is 0 Å². The first-order chi connectivity index (χ1) is 7.04. The highest BCUT2D eigenvalue weighted by Crippen LogP contribution is 2.26. The van der Waals surface area contributed by atoms with Gasteiger partial charge in [-0.05, 0) is 24.6 Å². The van der Waals surface area contributed by atoms with Crippen LogP contribution in [0.3, 0.4) is 0 Å². The van der Waals surface area contributed by atoms with Gasteiger partial charge in [0.05, 0.1) is 12.8 Å². The number of ether oxygens (including phenoxy) is 1. The van der Waals surface area contributed by atoms with Crippen LogP contribution in [0.5, 0.6) is 5.75 Å². The fraction of sp³-hybridized carbons (Fsp3) is 0.364. The maximum absolute atomic E-state index is 11.0. The zero-order valence-corrected chi connectivity index (χ0v) is 9.15. The third kappa shape index (κ3) is 2.87. The number of esters is 1. The van der Waals surface area contributed by atoms with Gasteiger partial charge in [-0.3, -0.25) is 4.79 Å². The molecule has 0 radical (unpaired) electrons. The van der Waals surface area contributed by atoms with E-state index in [1.807, 2.05) is 19.1 Å². The number of rotatable bonds is 3. The summed E-state index contributed by atoms with van der Waals surface area (Å²) >= 11 is 0. The van der Waals surface area contributed by atoms with Crippen LogP contribution in [-0.2, 0) is 9.53 Å². The van der Waals surface area contributed by atoms with Gasteiger partial charge >= 0.3 is 5.97 Å². The number of phenols is 1. The first-order valence-electron chi connectivity index (χ1n) is 4.62. The molecule has 4 heteroatoms. The highest BCUT2D eigenvalue weighted by atomic mass is 16.5. The Morgan fingerprint density at radius 2 is 2.20 bits per heavy atom. The van der Waals surface area contributed by atoms with Crippen LogP contribution in [0, 0.1) is 6.92 Å². The summed E-state index contributed by atoms with van der Waals surface area (Å²) in [7, 11) is 3.07. The lowest BCUT2D eigenvalue weighted by molar-refractivity contribution is -0.138. The van der Waals surface area contributed by atoms with E-state index in [-0.39, 0.29) is 18.3 Å². The van der Waals surface area contributed by atoms with E-state index >= 15 is 0 Å². The van der Waals surface area contributed by atoms with Crippen molar-refractivity contribution < 1.29 is 14.6 Å². The molecule has 1 N–H and O–H groups in total. The van der Waals surface area contributed by atoms with E-state index in [4.69, 9.17) is 0 Å². The highest BCUT2D eigenvalue weighted by molar-refractivity contribution is 5.76. The highest BCUT2D eigenvalue weighted by Gasteiger charge is 2.10. The van der Waals surface area contributed by atoms with Gasteiger partial charge in [-0.15, -0.1) is 0 Å². The molecule has 0 aromatic heterocycles. The number of hydrogen-bond donors (Lipinski definition) is 1. The summed E-state index contributed by atoms with van der Waals surface area (Å²) in [5.74, 6) is -0.176. The van der Waals surface area contributed by atoms with Crippen molar-refractivity contribution >= 4 is 11.7 Å². The summed E-state index contributed by atoms with van der Waals surface area (Å²) in [4.78, 5) is 12.7. The number of hydrogen-bond acceptors (Lipinski definition) is 4. The van der Waals surface area contributed by atoms with E-state index in [1.165, 1.54) is 7.11 Å². The van der Waals surface area contributed by atoms with Crippen molar-refractivity contribution in [2.45, 2.75) is 6.92 Å². The molecule has 0 spiro atoms. The molecule has 1 aromatic carbocycles. The van der Waals surface area contributed by atoms with Crippen molar-refractivity contribution in [3.05, 3.63) is 23.8 Å². The number of carbonyl (C=O) groups excluding carboxylic acids is 1. The zero-order chi connectivity index (χ0) is 11.4. The number of nitrogens with zero attached hydrogens (tertiary/aromatic N) is 1. The van der Waals surface area contributed by atoms with E-state index in [0.717, 1.165) is 5.56 Å². The lowest BCUT2D eigenvalue weighted by atomic mass is 10.2. The number of aryl methyl sites for hydroxylation is 1. The molecule has 0 bridgehead atoms. The number of methoxy groups -OCH3 is 1. The Kier molecular flexibility index (Phi) is 3.55. The SMILES string of the molecule is COC(=O)CN(C)c1cc(C)ccc1O. The molecule has 1 aromatic rings. The van der Waals surface area contributed by atoms with Crippen molar-refractivity contribution in [2.24, 2.45) is 0 Å². The fourth-order valence-electron chi connectivity index (χ4n) is 1.28. The second-order valence-electron chi connectivity index (χ2n) is 3.42. The van der Waals surface area contributed by atoms with Crippen LogP contribution < -0.4 is 4.90 Å². The number of benzene rings is 1. The predicted molar refractivity (Wildman–Crippen MR) is 58.1 cm³/mol. The van der Waals surface area contributed by atoms with Crippen LogP contribution in [0.2, 0.25) is 0 Å². The Balaban J connectivity index is 2.85. The predicted octanol–water partition coefficient (Wildman–Crippen LogP) is 1.31. The first-order valence-corrected chi connectivity index (χ1v) is 4.62. The van der Waals surface area contributed by atoms with Gasteiger partial charge in [0.25, 0.3) is 0 Å². The summed E-state index contributed by atoms with van der Waals surface area (Å²) in [6.45, 7) is 2.04. The maximum Gasteiger partial charge on any atom is 0.325 e. The Bertz CT molecular complexity index is 363. The second kappa shape index (κ2) is 4.68. The van der Waals surface area contributed by atoms with E-state index in [2.05, 4.69) is 4.74 Å². The van der Waals surface area contributed by atoms with Crippen molar-refractivity contribution in [3.63, 3.8) is 0 Å². The molecule has 0 fully saturated rings. The summed E-state index contributed by atoms with van der Waals surface area (Å²) in [5.41, 5.74) is 1.65. The van der Waals surface area contributed by atoms with Crippen LogP contribution in [0.4, 0.5) is 5.69 Å². The van der Waals surface area contributed by atoms with Crippen molar-refractivity contribution in [2.75, 3.05) is 25.6 Å². The standard InChI is InChI=1S/C11H15NO3/c1-8-4-5-10(13)9(6-8)12(2)7-11(14)15-3/h4-6,13H,7H2,1-3H3. The molecule has 1 rings (SSSR count). The summed E-state index contributed by atoms with van der Waals surface area (Å²) < 4.78 is 4.55. The van der Waals surface area contributed by atoms with Crippen molar-refractivity contribution in [1.29, 1.82) is 0 Å². The number of carbonyl (C=O) groups is 1.